The van der Waals surface area contributed by atoms with Gasteiger partial charge in [0.1, 0.15) is 28.0 Å². The minimum Gasteiger partial charge on any atom is -0.492 e. The Morgan fingerprint density at radius 2 is 0.704 bits per heavy atom. The number of unbranched alkanes of at least 4 members (excludes halogenated alkanes) is 12. The highest BCUT2D eigenvalue weighted by molar-refractivity contribution is 7.18. The maximum atomic E-state index is 9.47. The van der Waals surface area contributed by atoms with Gasteiger partial charge in [0.15, 0.2) is 0 Å². The number of hydrogen-bond acceptors (Lipinski definition) is 8. The van der Waals surface area contributed by atoms with Crippen LogP contribution in [0.5, 0.6) is 23.0 Å². The Kier molecular flexibility index (Phi) is 25.0. The van der Waals surface area contributed by atoms with Crippen molar-refractivity contribution in [2.75, 3.05) is 26.4 Å². The van der Waals surface area contributed by atoms with Crippen LogP contribution in [0.15, 0.2) is 128 Å². The van der Waals surface area contributed by atoms with Crippen molar-refractivity contribution in [2.24, 2.45) is 0 Å². The molecule has 7 aromatic rings. The van der Waals surface area contributed by atoms with Gasteiger partial charge in [-0.1, -0.05) is 182 Å². The fourth-order valence-electron chi connectivity index (χ4n) is 8.64. The molecule has 8 heteroatoms. The maximum absolute atomic E-state index is 9.47. The first kappa shape index (κ1) is 60.0. The Morgan fingerprint density at radius 1 is 0.358 bits per heavy atom. The van der Waals surface area contributed by atoms with E-state index >= 15 is 0 Å². The molecule has 410 valence electrons. The summed E-state index contributed by atoms with van der Waals surface area (Å²) in [5.74, 6) is 29.5. The fraction of sp³-hybridized carbons (Fsp3) is 0.329. The van der Waals surface area contributed by atoms with Crippen molar-refractivity contribution in [1.82, 2.24) is 4.98 Å². The molecule has 0 spiro atoms. The molecule has 7 nitrogen and oxygen atoms in total. The lowest BCUT2D eigenvalue weighted by atomic mass is 10.1. The second-order valence-electron chi connectivity index (χ2n) is 19.9. The van der Waals surface area contributed by atoms with Crippen LogP contribution in [0.3, 0.4) is 0 Å². The molecule has 1 heterocycles. The van der Waals surface area contributed by atoms with Crippen molar-refractivity contribution < 1.29 is 18.9 Å². The predicted molar refractivity (Wildman–Crippen MR) is 331 cm³/mol. The van der Waals surface area contributed by atoms with Gasteiger partial charge < -0.3 is 18.9 Å². The third-order valence-electron chi connectivity index (χ3n) is 13.4. The van der Waals surface area contributed by atoms with Crippen LogP contribution < -0.4 is 18.9 Å². The molecule has 0 N–H and O–H groups in total. The molecule has 0 radical (unpaired) electrons. The second-order valence-corrected chi connectivity index (χ2v) is 20.9. The summed E-state index contributed by atoms with van der Waals surface area (Å²) in [6, 6.07) is 43.4. The minimum atomic E-state index is 0.567. The summed E-state index contributed by atoms with van der Waals surface area (Å²) in [6.07, 6.45) is 19.4. The molecule has 7 rings (SSSR count). The van der Waals surface area contributed by atoms with E-state index in [4.69, 9.17) is 23.9 Å². The Hall–Kier alpha value is -8.63. The van der Waals surface area contributed by atoms with E-state index in [-0.39, 0.29) is 0 Å². The molecular formula is C73H73N3O4S. The molecule has 0 saturated carbocycles. The molecule has 0 aliphatic rings. The molecule has 6 aromatic carbocycles. The van der Waals surface area contributed by atoms with Crippen molar-refractivity contribution in [2.45, 2.75) is 130 Å². The zero-order chi connectivity index (χ0) is 56.7. The van der Waals surface area contributed by atoms with E-state index < -0.39 is 0 Å². The van der Waals surface area contributed by atoms with Gasteiger partial charge in [0.2, 0.25) is 0 Å². The van der Waals surface area contributed by atoms with Crippen LogP contribution in [0.4, 0.5) is 0 Å². The number of aromatic nitrogens is 1. The number of ether oxygens (including phenoxy) is 4. The lowest BCUT2D eigenvalue weighted by Gasteiger charge is -2.14. The Labute approximate surface area is 486 Å². The number of nitrogens with zero attached hydrogens (tertiary/aromatic N) is 3. The third-order valence-corrected chi connectivity index (χ3v) is 14.5. The van der Waals surface area contributed by atoms with Gasteiger partial charge in [-0.15, -0.1) is 11.3 Å². The van der Waals surface area contributed by atoms with E-state index in [1.165, 1.54) is 0 Å². The third kappa shape index (κ3) is 19.6. The summed E-state index contributed by atoms with van der Waals surface area (Å²) in [6.45, 7) is 11.1. The standard InChI is InChI=1S/C73H73N3O4S/c1-5-9-13-17-44-77-68-50-65(69(78-45-18-14-10-6-2)49-64(68)40-32-56-24-26-60(53-74)27-25-56)41-33-57-28-36-62(37-29-57)72-55-76-73(81-72)63-38-30-58(31-39-63)34-42-66-51-71(80-47-20-16-12-8-4)67(52-70(66)79-46-19-15-11-7-3)43-35-59-22-21-23-61(48-59)54-75/h21-31,36-39,48-52,55H,5-20,44-47H2,1-4H3. The molecule has 81 heavy (non-hydrogen) atoms. The van der Waals surface area contributed by atoms with Crippen LogP contribution in [-0.2, 0) is 0 Å². The van der Waals surface area contributed by atoms with E-state index in [0.29, 0.717) is 60.6 Å². The van der Waals surface area contributed by atoms with E-state index in [2.05, 4.69) is 111 Å². The molecule has 1 aromatic heterocycles. The number of rotatable bonds is 26. The number of nitriles is 2. The van der Waals surface area contributed by atoms with Crippen LogP contribution in [0.2, 0.25) is 0 Å². The Balaban J connectivity index is 1.10. The largest absolute Gasteiger partial charge is 0.492 e. The first-order valence-electron chi connectivity index (χ1n) is 29.0. The van der Waals surface area contributed by atoms with E-state index in [0.717, 1.165) is 168 Å². The normalized spacial score (nSPS) is 10.3. The Morgan fingerprint density at radius 3 is 1.09 bits per heavy atom. The van der Waals surface area contributed by atoms with Gasteiger partial charge in [0.25, 0.3) is 0 Å². The minimum absolute atomic E-state index is 0.567. The summed E-state index contributed by atoms with van der Waals surface area (Å²) < 4.78 is 25.7. The molecule has 0 amide bonds. The topological polar surface area (TPSA) is 97.4 Å². The lowest BCUT2D eigenvalue weighted by molar-refractivity contribution is 0.295. The highest BCUT2D eigenvalue weighted by Gasteiger charge is 2.14. The Bertz CT molecular complexity index is 3480. The van der Waals surface area contributed by atoms with E-state index in [9.17, 15) is 10.5 Å². The van der Waals surface area contributed by atoms with Crippen LogP contribution >= 0.6 is 11.3 Å². The van der Waals surface area contributed by atoms with Gasteiger partial charge in [-0.05, 0) is 98.0 Å². The lowest BCUT2D eigenvalue weighted by Crippen LogP contribution is -2.03. The molecule has 0 saturated heterocycles. The van der Waals surface area contributed by atoms with Crippen LogP contribution in [-0.4, -0.2) is 31.4 Å². The highest BCUT2D eigenvalue weighted by Crippen LogP contribution is 2.34. The van der Waals surface area contributed by atoms with Gasteiger partial charge in [0.05, 0.1) is 76.8 Å². The molecule has 0 unspecified atom stereocenters. The summed E-state index contributed by atoms with van der Waals surface area (Å²) in [4.78, 5) is 5.89. The van der Waals surface area contributed by atoms with Gasteiger partial charge in [-0.3, -0.25) is 0 Å². The predicted octanol–water partition coefficient (Wildman–Crippen LogP) is 17.7. The first-order valence-corrected chi connectivity index (χ1v) is 29.8. The number of benzene rings is 6. The molecular weight excluding hydrogens is 1010 g/mol. The van der Waals surface area contributed by atoms with Gasteiger partial charge >= 0.3 is 0 Å². The van der Waals surface area contributed by atoms with Gasteiger partial charge in [-0.2, -0.15) is 10.5 Å². The number of thiazole rings is 1. The SMILES string of the molecule is CCCCCCOc1cc(C#Cc2ccc(-c3cnc(-c4ccc(C#Cc5cc(OCCCCCC)c(C#Cc6cccc(C#N)c6)cc5OCCCCCC)cc4)s3)cc2)c(OCCCCCC)cc1C#Cc1ccc(C#N)cc1. The van der Waals surface area contributed by atoms with Crippen LogP contribution in [0.25, 0.3) is 21.0 Å². The smallest absolute Gasteiger partial charge is 0.136 e. The highest BCUT2D eigenvalue weighted by atomic mass is 32.1. The molecule has 0 atom stereocenters. The zero-order valence-corrected chi connectivity index (χ0v) is 48.5. The van der Waals surface area contributed by atoms with Crippen molar-refractivity contribution in [3.8, 4) is 104 Å². The average molecular weight is 1090 g/mol. The first-order chi connectivity index (χ1) is 39.9. The summed E-state index contributed by atoms with van der Waals surface area (Å²) in [5.41, 5.74) is 9.51. The zero-order valence-electron chi connectivity index (χ0n) is 47.6. The maximum Gasteiger partial charge on any atom is 0.136 e. The van der Waals surface area contributed by atoms with E-state index in [1.807, 2.05) is 79.0 Å². The molecule has 0 aliphatic heterocycles. The van der Waals surface area contributed by atoms with Crippen molar-refractivity contribution >= 4 is 11.3 Å². The van der Waals surface area contributed by atoms with Crippen molar-refractivity contribution in [3.05, 3.63) is 183 Å². The summed E-state index contributed by atoms with van der Waals surface area (Å²) in [7, 11) is 0. The van der Waals surface area contributed by atoms with E-state index in [1.54, 1.807) is 35.6 Å². The van der Waals surface area contributed by atoms with Crippen LogP contribution in [0.1, 0.15) is 186 Å². The van der Waals surface area contributed by atoms with Crippen molar-refractivity contribution in [3.63, 3.8) is 0 Å². The number of hydrogen-bond donors (Lipinski definition) is 0. The molecule has 0 fully saturated rings. The monoisotopic (exact) mass is 1090 g/mol. The van der Waals surface area contributed by atoms with Crippen molar-refractivity contribution in [1.29, 1.82) is 10.5 Å². The quantitative estimate of drug-likeness (QED) is 0.0394. The summed E-state index contributed by atoms with van der Waals surface area (Å²) >= 11 is 1.64. The van der Waals surface area contributed by atoms with Gasteiger partial charge in [-0.25, -0.2) is 4.98 Å². The molecule has 0 aliphatic carbocycles. The summed E-state index contributed by atoms with van der Waals surface area (Å²) in [5, 5.41) is 19.7. The van der Waals surface area contributed by atoms with Gasteiger partial charge in [0, 0.05) is 58.3 Å². The van der Waals surface area contributed by atoms with Crippen LogP contribution in [0, 0.1) is 70.0 Å². The molecule has 0 bridgehead atoms. The average Bonchev–Trinajstić information content (AvgIpc) is 4.10. The second kappa shape index (κ2) is 33.7. The fourth-order valence-corrected chi connectivity index (χ4v) is 9.57.